The van der Waals surface area contributed by atoms with E-state index < -0.39 is 6.04 Å². The SMILES string of the molecule is Cc1ccc(CSc2nc3n(n2)[C@@H](c2ccc(F)cc2)C2=C(CC(C)(C)CC2=O)N3)c(C)c1. The molecule has 0 saturated carbocycles. The molecular weight excluding hydrogens is 435 g/mol. The molecule has 1 aliphatic carbocycles. The summed E-state index contributed by atoms with van der Waals surface area (Å²) in [6.45, 7) is 8.42. The Bertz CT molecular complexity index is 1280. The average molecular weight is 463 g/mol. The van der Waals surface area contributed by atoms with Crippen molar-refractivity contribution in [2.75, 3.05) is 5.32 Å². The Kier molecular flexibility index (Phi) is 5.40. The Balaban J connectivity index is 1.51. The van der Waals surface area contributed by atoms with Gasteiger partial charge in [-0.3, -0.25) is 4.79 Å². The first kappa shape index (κ1) is 21.9. The minimum absolute atomic E-state index is 0.105. The zero-order chi connectivity index (χ0) is 23.3. The lowest BCUT2D eigenvalue weighted by molar-refractivity contribution is -0.118. The molecule has 33 heavy (non-hydrogen) atoms. The van der Waals surface area contributed by atoms with Gasteiger partial charge in [-0.15, -0.1) is 5.10 Å². The molecule has 0 fully saturated rings. The molecule has 0 amide bonds. The number of nitrogens with one attached hydrogen (secondary N) is 1. The quantitative estimate of drug-likeness (QED) is 0.483. The van der Waals surface area contributed by atoms with E-state index in [1.54, 1.807) is 28.6 Å². The van der Waals surface area contributed by atoms with Gasteiger partial charge < -0.3 is 5.32 Å². The fourth-order valence-corrected chi connectivity index (χ4v) is 5.66. The van der Waals surface area contributed by atoms with Crippen molar-refractivity contribution in [3.8, 4) is 0 Å². The number of nitrogens with zero attached hydrogens (tertiary/aromatic N) is 3. The number of anilines is 1. The molecule has 2 aromatic carbocycles. The number of rotatable bonds is 4. The normalized spacial score (nSPS) is 19.2. The van der Waals surface area contributed by atoms with Gasteiger partial charge in [-0.25, -0.2) is 9.07 Å². The number of aromatic nitrogens is 3. The number of fused-ring (bicyclic) bond motifs is 1. The summed E-state index contributed by atoms with van der Waals surface area (Å²) in [6, 6.07) is 12.4. The van der Waals surface area contributed by atoms with Crippen LogP contribution in [0.1, 0.15) is 55.0 Å². The smallest absolute Gasteiger partial charge is 0.227 e. The van der Waals surface area contributed by atoms with Crippen molar-refractivity contribution in [1.82, 2.24) is 14.8 Å². The molecule has 5 nitrogen and oxygen atoms in total. The summed E-state index contributed by atoms with van der Waals surface area (Å²) in [5.74, 6) is 1.18. The summed E-state index contributed by atoms with van der Waals surface area (Å²) in [6.07, 6.45) is 1.23. The van der Waals surface area contributed by atoms with Crippen LogP contribution in [0.3, 0.4) is 0 Å². The number of ketones is 1. The third kappa shape index (κ3) is 4.22. The Morgan fingerprint density at radius 2 is 1.91 bits per heavy atom. The summed E-state index contributed by atoms with van der Waals surface area (Å²) >= 11 is 1.57. The van der Waals surface area contributed by atoms with Gasteiger partial charge in [-0.05, 0) is 54.5 Å². The molecule has 0 spiro atoms. The van der Waals surface area contributed by atoms with Gasteiger partial charge in [0.15, 0.2) is 5.78 Å². The van der Waals surface area contributed by atoms with Crippen molar-refractivity contribution in [2.45, 2.75) is 57.5 Å². The van der Waals surface area contributed by atoms with Crippen LogP contribution in [0.4, 0.5) is 10.3 Å². The fourth-order valence-electron chi connectivity index (χ4n) is 4.75. The maximum atomic E-state index is 13.7. The van der Waals surface area contributed by atoms with Gasteiger partial charge in [0.2, 0.25) is 11.1 Å². The highest BCUT2D eigenvalue weighted by molar-refractivity contribution is 7.98. The maximum Gasteiger partial charge on any atom is 0.227 e. The van der Waals surface area contributed by atoms with Crippen LogP contribution in [0.15, 0.2) is 58.9 Å². The van der Waals surface area contributed by atoms with Crippen LogP contribution in [-0.4, -0.2) is 20.5 Å². The summed E-state index contributed by atoms with van der Waals surface area (Å²) in [4.78, 5) is 18.0. The first-order chi connectivity index (χ1) is 15.7. The molecular formula is C26H27FN4OS. The molecule has 2 aliphatic rings. The topological polar surface area (TPSA) is 59.8 Å². The summed E-state index contributed by atoms with van der Waals surface area (Å²) in [5.41, 5.74) is 6.05. The second kappa shape index (κ2) is 8.13. The minimum Gasteiger partial charge on any atom is -0.328 e. The Morgan fingerprint density at radius 3 is 2.64 bits per heavy atom. The van der Waals surface area contributed by atoms with E-state index in [-0.39, 0.29) is 17.0 Å². The summed E-state index contributed by atoms with van der Waals surface area (Å²) in [5, 5.41) is 8.82. The van der Waals surface area contributed by atoms with Gasteiger partial charge in [0.25, 0.3) is 0 Å². The van der Waals surface area contributed by atoms with Gasteiger partial charge in [0.1, 0.15) is 11.9 Å². The number of allylic oxidation sites excluding steroid dienone is 2. The van der Waals surface area contributed by atoms with Crippen LogP contribution < -0.4 is 5.32 Å². The van der Waals surface area contributed by atoms with E-state index in [1.807, 2.05) is 0 Å². The van der Waals surface area contributed by atoms with Gasteiger partial charge in [0, 0.05) is 23.4 Å². The molecule has 1 aromatic heterocycles. The van der Waals surface area contributed by atoms with Gasteiger partial charge in [-0.1, -0.05) is 61.5 Å². The number of hydrogen-bond donors (Lipinski definition) is 1. The number of carbonyl (C=O) groups is 1. The molecule has 2 heterocycles. The molecule has 0 saturated heterocycles. The predicted octanol–water partition coefficient (Wildman–Crippen LogP) is 5.98. The number of carbonyl (C=O) groups excluding carboxylic acids is 1. The summed E-state index contributed by atoms with van der Waals surface area (Å²) < 4.78 is 15.4. The lowest BCUT2D eigenvalue weighted by Gasteiger charge is -2.38. The van der Waals surface area contributed by atoms with Crippen molar-refractivity contribution in [1.29, 1.82) is 0 Å². The third-order valence-corrected chi connectivity index (χ3v) is 7.24. The van der Waals surface area contributed by atoms with Gasteiger partial charge in [-0.2, -0.15) is 4.98 Å². The highest BCUT2D eigenvalue weighted by Gasteiger charge is 2.41. The van der Waals surface area contributed by atoms with E-state index in [2.05, 4.69) is 51.2 Å². The van der Waals surface area contributed by atoms with Crippen LogP contribution >= 0.6 is 11.8 Å². The van der Waals surface area contributed by atoms with E-state index in [9.17, 15) is 9.18 Å². The van der Waals surface area contributed by atoms with E-state index in [4.69, 9.17) is 10.1 Å². The molecule has 7 heteroatoms. The Morgan fingerprint density at radius 1 is 1.15 bits per heavy atom. The molecule has 1 aliphatic heterocycles. The number of thioether (sulfide) groups is 1. The standard InChI is InChI=1S/C26H27FN4OS/c1-15-5-6-18(16(2)11-15)14-33-25-29-24-28-20-12-26(3,4)13-21(32)22(20)23(31(24)30-25)17-7-9-19(27)10-8-17/h5-11,23H,12-14H2,1-4H3,(H,28,29,30)/t23-/m0/s1. The second-order valence-electron chi connectivity index (χ2n) is 9.79. The molecule has 5 rings (SSSR count). The molecule has 1 atom stereocenters. The Labute approximate surface area is 197 Å². The number of Topliss-reactive ketones (excluding diaryl/α,β-unsaturated/α-hetero) is 1. The highest BCUT2D eigenvalue weighted by atomic mass is 32.2. The fraction of sp³-hybridized carbons (Fsp3) is 0.346. The van der Waals surface area contributed by atoms with Crippen molar-refractivity contribution >= 4 is 23.5 Å². The van der Waals surface area contributed by atoms with Crippen molar-refractivity contribution in [3.05, 3.63) is 81.8 Å². The summed E-state index contributed by atoms with van der Waals surface area (Å²) in [7, 11) is 0. The van der Waals surface area contributed by atoms with E-state index in [0.717, 1.165) is 23.4 Å². The van der Waals surface area contributed by atoms with Gasteiger partial charge >= 0.3 is 0 Å². The first-order valence-corrected chi connectivity index (χ1v) is 12.1. The van der Waals surface area contributed by atoms with E-state index in [0.29, 0.717) is 23.1 Å². The zero-order valence-electron chi connectivity index (χ0n) is 19.3. The lowest BCUT2D eigenvalue weighted by Crippen LogP contribution is -2.36. The van der Waals surface area contributed by atoms with Gasteiger partial charge in [0.05, 0.1) is 0 Å². The number of benzene rings is 2. The number of hydrogen-bond acceptors (Lipinski definition) is 5. The third-order valence-electron chi connectivity index (χ3n) is 6.35. The number of halogens is 1. The first-order valence-electron chi connectivity index (χ1n) is 11.1. The van der Waals surface area contributed by atoms with E-state index in [1.165, 1.54) is 28.8 Å². The van der Waals surface area contributed by atoms with Crippen LogP contribution in [0, 0.1) is 25.1 Å². The molecule has 3 aromatic rings. The average Bonchev–Trinajstić information content (AvgIpc) is 3.14. The van der Waals surface area contributed by atoms with E-state index >= 15 is 0 Å². The molecule has 0 radical (unpaired) electrons. The molecule has 170 valence electrons. The lowest BCUT2D eigenvalue weighted by atomic mass is 9.73. The van der Waals surface area contributed by atoms with Crippen LogP contribution in [0.2, 0.25) is 0 Å². The zero-order valence-corrected chi connectivity index (χ0v) is 20.1. The molecule has 1 N–H and O–H groups in total. The van der Waals surface area contributed by atoms with Crippen molar-refractivity contribution in [3.63, 3.8) is 0 Å². The number of aryl methyl sites for hydroxylation is 2. The van der Waals surface area contributed by atoms with Crippen LogP contribution in [0.25, 0.3) is 0 Å². The molecule has 0 unspecified atom stereocenters. The van der Waals surface area contributed by atoms with Crippen molar-refractivity contribution in [2.24, 2.45) is 5.41 Å². The second-order valence-corrected chi connectivity index (χ2v) is 10.7. The molecule has 0 bridgehead atoms. The monoisotopic (exact) mass is 462 g/mol. The maximum absolute atomic E-state index is 13.7. The van der Waals surface area contributed by atoms with Crippen molar-refractivity contribution < 1.29 is 9.18 Å². The van der Waals surface area contributed by atoms with Crippen LogP contribution in [-0.2, 0) is 10.5 Å². The largest absolute Gasteiger partial charge is 0.328 e. The minimum atomic E-state index is -0.414. The predicted molar refractivity (Wildman–Crippen MR) is 129 cm³/mol. The van der Waals surface area contributed by atoms with Crippen LogP contribution in [0.5, 0.6) is 0 Å². The Hall–Kier alpha value is -2.93. The highest BCUT2D eigenvalue weighted by Crippen LogP contribution is 2.45.